The van der Waals surface area contributed by atoms with E-state index in [1.807, 2.05) is 13.8 Å². The molecule has 0 aromatic rings. The van der Waals surface area contributed by atoms with E-state index in [-0.39, 0.29) is 18.7 Å². The average molecular weight is 259 g/mol. The number of aliphatic hydroxyl groups is 1. The SMILES string of the molecule is CCCC(O)(CCC)CC(=O)NCCCC(=O)O. The number of hydrogen-bond donors (Lipinski definition) is 3. The summed E-state index contributed by atoms with van der Waals surface area (Å²) in [6.45, 7) is 4.30. The Morgan fingerprint density at radius 2 is 1.72 bits per heavy atom. The molecule has 0 aromatic carbocycles. The molecule has 0 fully saturated rings. The van der Waals surface area contributed by atoms with Gasteiger partial charge in [-0.3, -0.25) is 9.59 Å². The second kappa shape index (κ2) is 8.91. The van der Waals surface area contributed by atoms with Gasteiger partial charge in [0.1, 0.15) is 0 Å². The zero-order valence-corrected chi connectivity index (χ0v) is 11.4. The first-order valence-electron chi connectivity index (χ1n) is 6.64. The summed E-state index contributed by atoms with van der Waals surface area (Å²) < 4.78 is 0. The molecule has 5 heteroatoms. The Hall–Kier alpha value is -1.10. The van der Waals surface area contributed by atoms with E-state index in [9.17, 15) is 14.7 Å². The monoisotopic (exact) mass is 259 g/mol. The lowest BCUT2D eigenvalue weighted by Gasteiger charge is -2.26. The highest BCUT2D eigenvalue weighted by atomic mass is 16.4. The molecule has 0 aliphatic heterocycles. The molecule has 0 bridgehead atoms. The molecule has 0 saturated carbocycles. The van der Waals surface area contributed by atoms with Gasteiger partial charge in [0.25, 0.3) is 0 Å². The minimum Gasteiger partial charge on any atom is -0.481 e. The van der Waals surface area contributed by atoms with E-state index in [0.717, 1.165) is 12.8 Å². The fourth-order valence-electron chi connectivity index (χ4n) is 2.06. The molecule has 3 N–H and O–H groups in total. The molecular weight excluding hydrogens is 234 g/mol. The molecule has 0 aliphatic rings. The van der Waals surface area contributed by atoms with Crippen LogP contribution >= 0.6 is 0 Å². The van der Waals surface area contributed by atoms with Crippen LogP contribution in [0, 0.1) is 0 Å². The van der Waals surface area contributed by atoms with Gasteiger partial charge in [0, 0.05) is 13.0 Å². The van der Waals surface area contributed by atoms with Crippen LogP contribution in [0.5, 0.6) is 0 Å². The maximum absolute atomic E-state index is 11.6. The predicted octanol–water partition coefficient (Wildman–Crippen LogP) is 1.69. The highest BCUT2D eigenvalue weighted by molar-refractivity contribution is 5.77. The van der Waals surface area contributed by atoms with Crippen molar-refractivity contribution >= 4 is 11.9 Å². The number of aliphatic carboxylic acids is 1. The van der Waals surface area contributed by atoms with Gasteiger partial charge in [-0.15, -0.1) is 0 Å². The molecule has 18 heavy (non-hydrogen) atoms. The van der Waals surface area contributed by atoms with Crippen molar-refractivity contribution in [1.29, 1.82) is 0 Å². The van der Waals surface area contributed by atoms with E-state index in [0.29, 0.717) is 25.8 Å². The van der Waals surface area contributed by atoms with Crippen LogP contribution in [-0.2, 0) is 9.59 Å². The fourth-order valence-corrected chi connectivity index (χ4v) is 2.06. The van der Waals surface area contributed by atoms with Crippen molar-refractivity contribution in [2.24, 2.45) is 0 Å². The van der Waals surface area contributed by atoms with E-state index >= 15 is 0 Å². The summed E-state index contributed by atoms with van der Waals surface area (Å²) >= 11 is 0. The van der Waals surface area contributed by atoms with Crippen LogP contribution < -0.4 is 5.32 Å². The van der Waals surface area contributed by atoms with Gasteiger partial charge in [0.15, 0.2) is 0 Å². The maximum atomic E-state index is 11.6. The topological polar surface area (TPSA) is 86.6 Å². The number of carbonyl (C=O) groups is 2. The van der Waals surface area contributed by atoms with Gasteiger partial charge in [-0.05, 0) is 19.3 Å². The normalized spacial score (nSPS) is 11.3. The molecule has 0 unspecified atom stereocenters. The molecule has 0 spiro atoms. The number of carboxylic acids is 1. The smallest absolute Gasteiger partial charge is 0.303 e. The Bertz CT molecular complexity index is 260. The summed E-state index contributed by atoms with van der Waals surface area (Å²) in [5.41, 5.74) is -0.916. The molecule has 5 nitrogen and oxygen atoms in total. The maximum Gasteiger partial charge on any atom is 0.303 e. The fraction of sp³-hybridized carbons (Fsp3) is 0.846. The summed E-state index contributed by atoms with van der Waals surface area (Å²) in [5, 5.41) is 21.4. The second-order valence-corrected chi connectivity index (χ2v) is 4.75. The Morgan fingerprint density at radius 3 is 2.17 bits per heavy atom. The number of amides is 1. The predicted molar refractivity (Wildman–Crippen MR) is 69.3 cm³/mol. The Kier molecular flexibility index (Phi) is 8.37. The van der Waals surface area contributed by atoms with E-state index in [1.165, 1.54) is 0 Å². The third-order valence-corrected chi connectivity index (χ3v) is 2.81. The third-order valence-electron chi connectivity index (χ3n) is 2.81. The number of hydrogen-bond acceptors (Lipinski definition) is 3. The average Bonchev–Trinajstić information content (AvgIpc) is 2.24. The van der Waals surface area contributed by atoms with Crippen LogP contribution in [0.1, 0.15) is 58.8 Å². The van der Waals surface area contributed by atoms with Crippen molar-refractivity contribution in [1.82, 2.24) is 5.32 Å². The first kappa shape index (κ1) is 16.9. The first-order valence-corrected chi connectivity index (χ1v) is 6.64. The summed E-state index contributed by atoms with van der Waals surface area (Å²) in [6, 6.07) is 0. The van der Waals surface area contributed by atoms with Crippen molar-refractivity contribution in [3.63, 3.8) is 0 Å². The van der Waals surface area contributed by atoms with E-state index in [1.54, 1.807) is 0 Å². The molecular formula is C13H25NO4. The molecule has 0 rings (SSSR count). The quantitative estimate of drug-likeness (QED) is 0.521. The number of nitrogens with one attached hydrogen (secondary N) is 1. The molecule has 0 saturated heterocycles. The van der Waals surface area contributed by atoms with Crippen LogP contribution in [-0.4, -0.2) is 34.2 Å². The van der Waals surface area contributed by atoms with Gasteiger partial charge in [0.05, 0.1) is 12.0 Å². The van der Waals surface area contributed by atoms with Gasteiger partial charge in [-0.2, -0.15) is 0 Å². The largest absolute Gasteiger partial charge is 0.481 e. The first-order chi connectivity index (χ1) is 8.43. The summed E-state index contributed by atoms with van der Waals surface area (Å²) in [4.78, 5) is 21.9. The van der Waals surface area contributed by atoms with Gasteiger partial charge < -0.3 is 15.5 Å². The third kappa shape index (κ3) is 8.06. The van der Waals surface area contributed by atoms with Gasteiger partial charge >= 0.3 is 5.97 Å². The second-order valence-electron chi connectivity index (χ2n) is 4.75. The molecule has 0 aromatic heterocycles. The van der Waals surface area contributed by atoms with Crippen molar-refractivity contribution < 1.29 is 19.8 Å². The summed E-state index contributed by atoms with van der Waals surface area (Å²) in [7, 11) is 0. The van der Waals surface area contributed by atoms with Gasteiger partial charge in [-0.1, -0.05) is 26.7 Å². The lowest BCUT2D eigenvalue weighted by atomic mass is 9.89. The summed E-state index contributed by atoms with van der Waals surface area (Å²) in [6.07, 6.45) is 3.47. The Balaban J connectivity index is 3.98. The van der Waals surface area contributed by atoms with Crippen LogP contribution in [0.4, 0.5) is 0 Å². The van der Waals surface area contributed by atoms with Gasteiger partial charge in [-0.25, -0.2) is 0 Å². The molecule has 106 valence electrons. The van der Waals surface area contributed by atoms with Crippen molar-refractivity contribution in [3.05, 3.63) is 0 Å². The number of rotatable bonds is 10. The Labute approximate surface area is 109 Å². The van der Waals surface area contributed by atoms with Crippen LogP contribution in [0.25, 0.3) is 0 Å². The highest BCUT2D eigenvalue weighted by Crippen LogP contribution is 2.23. The minimum absolute atomic E-state index is 0.0501. The summed E-state index contributed by atoms with van der Waals surface area (Å²) in [5.74, 6) is -1.07. The van der Waals surface area contributed by atoms with Crippen LogP contribution in [0.2, 0.25) is 0 Å². The standard InChI is InChI=1S/C13H25NO4/c1-3-7-13(18,8-4-2)10-11(15)14-9-5-6-12(16)17/h18H,3-10H2,1-2H3,(H,14,15)(H,16,17). The van der Waals surface area contributed by atoms with E-state index in [4.69, 9.17) is 5.11 Å². The Morgan fingerprint density at radius 1 is 1.17 bits per heavy atom. The van der Waals surface area contributed by atoms with Crippen LogP contribution in [0.3, 0.4) is 0 Å². The zero-order valence-electron chi connectivity index (χ0n) is 11.4. The lowest BCUT2D eigenvalue weighted by Crippen LogP contribution is -2.37. The molecule has 0 atom stereocenters. The molecule has 0 radical (unpaired) electrons. The van der Waals surface area contributed by atoms with Crippen LogP contribution in [0.15, 0.2) is 0 Å². The zero-order chi connectivity index (χ0) is 14.0. The van der Waals surface area contributed by atoms with E-state index < -0.39 is 11.6 Å². The van der Waals surface area contributed by atoms with Crippen molar-refractivity contribution in [2.75, 3.05) is 6.54 Å². The molecule has 1 amide bonds. The molecule has 0 aliphatic carbocycles. The number of carboxylic acid groups (broad SMARTS) is 1. The van der Waals surface area contributed by atoms with E-state index in [2.05, 4.69) is 5.32 Å². The van der Waals surface area contributed by atoms with Crippen molar-refractivity contribution in [2.45, 2.75) is 64.4 Å². The highest BCUT2D eigenvalue weighted by Gasteiger charge is 2.27. The van der Waals surface area contributed by atoms with Crippen molar-refractivity contribution in [3.8, 4) is 0 Å². The molecule has 0 heterocycles. The minimum atomic E-state index is -0.916. The lowest BCUT2D eigenvalue weighted by molar-refractivity contribution is -0.137. The van der Waals surface area contributed by atoms with Gasteiger partial charge in [0.2, 0.25) is 5.91 Å². The number of carbonyl (C=O) groups excluding carboxylic acids is 1.